The number of carbonyl (C=O) groups is 1. The largest absolute Gasteiger partial charge is 1.00 e. The molecule has 0 radical (unpaired) electrons. The summed E-state index contributed by atoms with van der Waals surface area (Å²) in [6.45, 7) is 4.53. The van der Waals surface area contributed by atoms with Crippen molar-refractivity contribution in [2.45, 2.75) is 0 Å². The molecule has 0 amide bonds. The van der Waals surface area contributed by atoms with E-state index in [1.165, 1.54) is 0 Å². The van der Waals surface area contributed by atoms with Crippen LogP contribution in [0.2, 0.25) is 0 Å². The molecular weight excluding hydrogens is 138 g/mol. The molecule has 5 heavy (non-hydrogen) atoms. The molecule has 2 heteroatoms. The van der Waals surface area contributed by atoms with Crippen LogP contribution in [0.25, 0.3) is 0 Å². The number of rotatable bonds is 1. The van der Waals surface area contributed by atoms with Gasteiger partial charge >= 0.3 is 58.2 Å². The van der Waals surface area contributed by atoms with E-state index < -0.39 is 0 Å². The first-order valence-corrected chi connectivity index (χ1v) is 0.902. The van der Waals surface area contributed by atoms with Gasteiger partial charge in [-0.1, -0.05) is 0 Å². The SMILES string of the molecule is [CH-]=CC=O.[Rb+]. The Morgan fingerprint density at radius 1 is 1.60 bits per heavy atom. The Balaban J connectivity index is 0. The zero-order valence-corrected chi connectivity index (χ0v) is 8.06. The predicted octanol–water partition coefficient (Wildman–Crippen LogP) is -2.82. The van der Waals surface area contributed by atoms with E-state index in [9.17, 15) is 0 Å². The van der Waals surface area contributed by atoms with Gasteiger partial charge in [0.05, 0.1) is 0 Å². The van der Waals surface area contributed by atoms with Crippen LogP contribution in [-0.4, -0.2) is 6.29 Å². The second kappa shape index (κ2) is 8.96. The molecule has 0 fully saturated rings. The molecule has 0 unspecified atom stereocenters. The molecule has 0 atom stereocenters. The van der Waals surface area contributed by atoms with E-state index in [4.69, 9.17) is 4.79 Å². The Morgan fingerprint density at radius 2 is 1.80 bits per heavy atom. The molecule has 0 heterocycles. The molecule has 0 N–H and O–H groups in total. The first kappa shape index (κ1) is 9.51. The molecule has 0 aliphatic carbocycles. The molecule has 0 saturated heterocycles. The normalized spacial score (nSPS) is 4.00. The van der Waals surface area contributed by atoms with Crippen molar-refractivity contribution in [2.75, 3.05) is 0 Å². The Kier molecular flexibility index (Phi) is 17.1. The van der Waals surface area contributed by atoms with Gasteiger partial charge in [-0.3, -0.25) is 6.58 Å². The zero-order chi connectivity index (χ0) is 3.41. The molecular formula is C3H3ORb. The Morgan fingerprint density at radius 3 is 1.80 bits per heavy atom. The average Bonchev–Trinajstić information content (AvgIpc) is 1.37. The fourth-order valence-corrected chi connectivity index (χ4v) is 0. The molecule has 0 aromatic heterocycles. The number of carbonyl (C=O) groups excluding carboxylic acids is 1. The van der Waals surface area contributed by atoms with E-state index in [2.05, 4.69) is 6.58 Å². The predicted molar refractivity (Wildman–Crippen MR) is 14.9 cm³/mol. The molecule has 1 nitrogen and oxygen atoms in total. The minimum absolute atomic E-state index is 0. The van der Waals surface area contributed by atoms with Crippen molar-refractivity contribution in [3.8, 4) is 0 Å². The second-order valence-corrected chi connectivity index (χ2v) is 0.329. The van der Waals surface area contributed by atoms with Gasteiger partial charge in [-0.15, -0.1) is 0 Å². The second-order valence-electron chi connectivity index (χ2n) is 0.329. The van der Waals surface area contributed by atoms with Crippen molar-refractivity contribution in [2.24, 2.45) is 0 Å². The van der Waals surface area contributed by atoms with E-state index in [0.29, 0.717) is 6.29 Å². The Hall–Kier alpha value is 1.22. The number of allylic oxidation sites excluding steroid dienone is 1. The van der Waals surface area contributed by atoms with Gasteiger partial charge in [0.2, 0.25) is 0 Å². The van der Waals surface area contributed by atoms with E-state index in [-0.39, 0.29) is 58.2 Å². The number of hydrogen-bond acceptors (Lipinski definition) is 1. The van der Waals surface area contributed by atoms with E-state index in [1.807, 2.05) is 0 Å². The van der Waals surface area contributed by atoms with Crippen molar-refractivity contribution in [3.63, 3.8) is 0 Å². The smallest absolute Gasteiger partial charge is 0.410 e. The maximum Gasteiger partial charge on any atom is 1.00 e. The van der Waals surface area contributed by atoms with Crippen LogP contribution in [0.1, 0.15) is 0 Å². The van der Waals surface area contributed by atoms with E-state index >= 15 is 0 Å². The van der Waals surface area contributed by atoms with Crippen molar-refractivity contribution in [3.05, 3.63) is 12.7 Å². The summed E-state index contributed by atoms with van der Waals surface area (Å²) in [6, 6.07) is 0. The van der Waals surface area contributed by atoms with Crippen LogP contribution in [0.5, 0.6) is 0 Å². The van der Waals surface area contributed by atoms with Crippen molar-refractivity contribution in [1.29, 1.82) is 0 Å². The Bertz CT molecular complexity index is 27.9. The van der Waals surface area contributed by atoms with Crippen LogP contribution in [0, 0.1) is 6.58 Å². The van der Waals surface area contributed by atoms with Crippen LogP contribution >= 0.6 is 0 Å². The topological polar surface area (TPSA) is 17.1 Å². The molecule has 0 aromatic carbocycles. The Labute approximate surface area is 80.2 Å². The molecule has 0 aliphatic rings. The van der Waals surface area contributed by atoms with E-state index in [1.54, 1.807) is 0 Å². The minimum Gasteiger partial charge on any atom is -0.410 e. The third-order valence-corrected chi connectivity index (χ3v) is 0.0786. The van der Waals surface area contributed by atoms with Gasteiger partial charge in [-0.2, -0.15) is 0 Å². The first-order valence-electron chi connectivity index (χ1n) is 0.902. The maximum atomic E-state index is 8.99. The van der Waals surface area contributed by atoms with Crippen molar-refractivity contribution in [1.82, 2.24) is 0 Å². The molecule has 0 bridgehead atoms. The molecule has 0 aromatic rings. The fourth-order valence-electron chi connectivity index (χ4n) is 0. The van der Waals surface area contributed by atoms with Gasteiger partial charge in [0.25, 0.3) is 0 Å². The number of hydrogen-bond donors (Lipinski definition) is 0. The summed E-state index contributed by atoms with van der Waals surface area (Å²) in [7, 11) is 0. The summed E-state index contributed by atoms with van der Waals surface area (Å²) in [6.07, 6.45) is 1.47. The van der Waals surface area contributed by atoms with Gasteiger partial charge in [-0.25, -0.2) is 6.08 Å². The zero-order valence-electron chi connectivity index (χ0n) is 3.14. The van der Waals surface area contributed by atoms with Crippen LogP contribution < -0.4 is 58.2 Å². The summed E-state index contributed by atoms with van der Waals surface area (Å²) in [4.78, 5) is 8.99. The van der Waals surface area contributed by atoms with E-state index in [0.717, 1.165) is 6.08 Å². The molecule has 0 rings (SSSR count). The first-order chi connectivity index (χ1) is 1.91. The minimum atomic E-state index is 0. The monoisotopic (exact) mass is 140 g/mol. The van der Waals surface area contributed by atoms with Gasteiger partial charge in [-0.05, 0) is 6.29 Å². The summed E-state index contributed by atoms with van der Waals surface area (Å²) >= 11 is 0. The summed E-state index contributed by atoms with van der Waals surface area (Å²) in [5, 5.41) is 0. The third-order valence-electron chi connectivity index (χ3n) is 0.0786. The average molecular weight is 141 g/mol. The van der Waals surface area contributed by atoms with Crippen LogP contribution in [0.4, 0.5) is 0 Å². The van der Waals surface area contributed by atoms with Gasteiger partial charge in [0.15, 0.2) is 0 Å². The summed E-state index contributed by atoms with van der Waals surface area (Å²) in [5.41, 5.74) is 0. The van der Waals surface area contributed by atoms with Crippen molar-refractivity contribution >= 4 is 6.29 Å². The van der Waals surface area contributed by atoms with Crippen LogP contribution in [0.15, 0.2) is 6.08 Å². The maximum absolute atomic E-state index is 8.99. The standard InChI is InChI=1S/C3H3O.Rb/c1-2-3-4;/h1-3H;/q-1;+1. The summed E-state index contributed by atoms with van der Waals surface area (Å²) < 4.78 is 0. The van der Waals surface area contributed by atoms with Crippen molar-refractivity contribution < 1.29 is 63.0 Å². The quantitative estimate of drug-likeness (QED) is 0.218. The fraction of sp³-hybridized carbons (Fsp3) is 0. The number of aldehydes is 1. The van der Waals surface area contributed by atoms with Gasteiger partial charge < -0.3 is 4.79 Å². The van der Waals surface area contributed by atoms with Gasteiger partial charge in [0.1, 0.15) is 0 Å². The third kappa shape index (κ3) is 11.0. The molecule has 0 aliphatic heterocycles. The van der Waals surface area contributed by atoms with Gasteiger partial charge in [0, 0.05) is 0 Å². The molecule has 22 valence electrons. The molecule has 0 spiro atoms. The molecule has 0 saturated carbocycles. The summed E-state index contributed by atoms with van der Waals surface area (Å²) in [5.74, 6) is 0. The van der Waals surface area contributed by atoms with Crippen LogP contribution in [0.3, 0.4) is 0 Å². The van der Waals surface area contributed by atoms with Crippen LogP contribution in [-0.2, 0) is 4.79 Å².